The van der Waals surface area contributed by atoms with Gasteiger partial charge in [0, 0.05) is 9.83 Å². The zero-order valence-corrected chi connectivity index (χ0v) is 10.7. The molecule has 0 bridgehead atoms. The van der Waals surface area contributed by atoms with Crippen LogP contribution in [-0.2, 0) is 9.84 Å². The molecule has 1 rings (SSSR count). The number of hydrogen-bond acceptors (Lipinski definition) is 3. The molecule has 0 spiro atoms. The molecule has 0 aliphatic heterocycles. The standard InChI is InChI=1S/C9H11IO3S/c1-14(11,12)6-5-13-9-4-2-3-8(10)7-9/h2-4,7H,5-6H2,1H3. The molecular formula is C9H11IO3S. The monoisotopic (exact) mass is 326 g/mol. The topological polar surface area (TPSA) is 43.4 Å². The Hall–Kier alpha value is -0.300. The molecule has 0 heterocycles. The van der Waals surface area contributed by atoms with Gasteiger partial charge in [-0.15, -0.1) is 0 Å². The van der Waals surface area contributed by atoms with E-state index in [0.29, 0.717) is 5.75 Å². The van der Waals surface area contributed by atoms with E-state index < -0.39 is 9.84 Å². The van der Waals surface area contributed by atoms with Gasteiger partial charge in [-0.25, -0.2) is 8.42 Å². The number of benzene rings is 1. The van der Waals surface area contributed by atoms with Gasteiger partial charge in [-0.1, -0.05) is 6.07 Å². The van der Waals surface area contributed by atoms with Crippen molar-refractivity contribution in [3.8, 4) is 5.75 Å². The van der Waals surface area contributed by atoms with Crippen molar-refractivity contribution < 1.29 is 13.2 Å². The summed E-state index contributed by atoms with van der Waals surface area (Å²) in [5, 5.41) is 0. The van der Waals surface area contributed by atoms with E-state index in [1.165, 1.54) is 6.26 Å². The van der Waals surface area contributed by atoms with E-state index in [1.54, 1.807) is 0 Å². The SMILES string of the molecule is CS(=O)(=O)CCOc1cccc(I)c1. The van der Waals surface area contributed by atoms with Crippen LogP contribution in [0.25, 0.3) is 0 Å². The summed E-state index contributed by atoms with van der Waals surface area (Å²) in [7, 11) is -2.93. The Morgan fingerprint density at radius 2 is 2.14 bits per heavy atom. The van der Waals surface area contributed by atoms with Crippen LogP contribution in [-0.4, -0.2) is 27.0 Å². The van der Waals surface area contributed by atoms with Gasteiger partial charge in [-0.2, -0.15) is 0 Å². The molecule has 0 amide bonds. The van der Waals surface area contributed by atoms with Crippen molar-refractivity contribution in [2.24, 2.45) is 0 Å². The minimum absolute atomic E-state index is 0.0540. The van der Waals surface area contributed by atoms with E-state index in [4.69, 9.17) is 4.74 Å². The molecule has 0 atom stereocenters. The highest BCUT2D eigenvalue weighted by Gasteiger charge is 2.02. The van der Waals surface area contributed by atoms with Crippen LogP contribution in [0.5, 0.6) is 5.75 Å². The Kier molecular flexibility index (Phi) is 4.18. The third-order valence-electron chi connectivity index (χ3n) is 1.52. The maximum atomic E-state index is 10.8. The Morgan fingerprint density at radius 1 is 1.43 bits per heavy atom. The van der Waals surface area contributed by atoms with E-state index in [9.17, 15) is 8.42 Å². The van der Waals surface area contributed by atoms with Crippen LogP contribution in [0.2, 0.25) is 0 Å². The van der Waals surface area contributed by atoms with Gasteiger partial charge in [0.2, 0.25) is 0 Å². The summed E-state index contributed by atoms with van der Waals surface area (Å²) in [6.07, 6.45) is 1.20. The first-order chi connectivity index (χ1) is 6.47. The second-order valence-corrected chi connectivity index (χ2v) is 6.44. The highest BCUT2D eigenvalue weighted by molar-refractivity contribution is 14.1. The van der Waals surface area contributed by atoms with E-state index in [-0.39, 0.29) is 12.4 Å². The minimum Gasteiger partial charge on any atom is -0.493 e. The van der Waals surface area contributed by atoms with Gasteiger partial charge in [0.15, 0.2) is 9.84 Å². The molecule has 0 aromatic heterocycles. The summed E-state index contributed by atoms with van der Waals surface area (Å²) in [6, 6.07) is 7.49. The van der Waals surface area contributed by atoms with E-state index in [2.05, 4.69) is 22.6 Å². The molecule has 1 aromatic rings. The summed E-state index contributed by atoms with van der Waals surface area (Å²) in [6.45, 7) is 0.207. The van der Waals surface area contributed by atoms with Crippen molar-refractivity contribution in [1.82, 2.24) is 0 Å². The number of rotatable bonds is 4. The first-order valence-electron chi connectivity index (χ1n) is 4.03. The Morgan fingerprint density at radius 3 is 2.71 bits per heavy atom. The van der Waals surface area contributed by atoms with Crippen molar-refractivity contribution in [1.29, 1.82) is 0 Å². The number of halogens is 1. The van der Waals surface area contributed by atoms with E-state index in [0.717, 1.165) is 3.57 Å². The van der Waals surface area contributed by atoms with Crippen molar-refractivity contribution in [2.75, 3.05) is 18.6 Å². The summed E-state index contributed by atoms with van der Waals surface area (Å²) in [5.41, 5.74) is 0. The minimum atomic E-state index is -2.93. The van der Waals surface area contributed by atoms with Gasteiger partial charge >= 0.3 is 0 Å². The zero-order valence-electron chi connectivity index (χ0n) is 7.73. The summed E-state index contributed by atoms with van der Waals surface area (Å²) in [4.78, 5) is 0. The number of sulfone groups is 1. The predicted molar refractivity (Wildman–Crippen MR) is 64.4 cm³/mol. The van der Waals surface area contributed by atoms with Crippen LogP contribution in [0.3, 0.4) is 0 Å². The highest BCUT2D eigenvalue weighted by Crippen LogP contribution is 2.14. The van der Waals surface area contributed by atoms with Gasteiger partial charge in [0.1, 0.15) is 12.4 Å². The lowest BCUT2D eigenvalue weighted by Gasteiger charge is -2.04. The predicted octanol–water partition coefficient (Wildman–Crippen LogP) is 1.71. The normalized spacial score (nSPS) is 11.3. The maximum absolute atomic E-state index is 10.8. The largest absolute Gasteiger partial charge is 0.493 e. The van der Waals surface area contributed by atoms with Crippen molar-refractivity contribution in [3.05, 3.63) is 27.8 Å². The van der Waals surface area contributed by atoms with Crippen molar-refractivity contribution >= 4 is 32.4 Å². The quantitative estimate of drug-likeness (QED) is 0.792. The first-order valence-corrected chi connectivity index (χ1v) is 7.17. The van der Waals surface area contributed by atoms with E-state index >= 15 is 0 Å². The molecule has 3 nitrogen and oxygen atoms in total. The molecule has 78 valence electrons. The average molecular weight is 326 g/mol. The molecule has 0 unspecified atom stereocenters. The highest BCUT2D eigenvalue weighted by atomic mass is 127. The molecule has 0 radical (unpaired) electrons. The molecule has 0 fully saturated rings. The Bertz CT molecular complexity index is 400. The Labute approximate surface area is 97.5 Å². The smallest absolute Gasteiger partial charge is 0.150 e. The van der Waals surface area contributed by atoms with Crippen molar-refractivity contribution in [3.63, 3.8) is 0 Å². The number of hydrogen-bond donors (Lipinski definition) is 0. The fourth-order valence-corrected chi connectivity index (χ4v) is 1.77. The molecule has 5 heteroatoms. The lowest BCUT2D eigenvalue weighted by molar-refractivity contribution is 0.341. The van der Waals surface area contributed by atoms with Crippen LogP contribution in [0.1, 0.15) is 0 Å². The van der Waals surface area contributed by atoms with Gasteiger partial charge in [0.25, 0.3) is 0 Å². The average Bonchev–Trinajstić information content (AvgIpc) is 2.01. The molecule has 0 aliphatic rings. The van der Waals surface area contributed by atoms with Crippen LogP contribution in [0, 0.1) is 3.57 Å². The molecule has 0 N–H and O–H groups in total. The summed E-state index contributed by atoms with van der Waals surface area (Å²) in [5.74, 6) is 0.763. The summed E-state index contributed by atoms with van der Waals surface area (Å²) >= 11 is 2.18. The van der Waals surface area contributed by atoms with Crippen LogP contribution >= 0.6 is 22.6 Å². The first kappa shape index (κ1) is 11.8. The summed E-state index contributed by atoms with van der Waals surface area (Å²) < 4.78 is 28.0. The Balaban J connectivity index is 2.47. The fourth-order valence-electron chi connectivity index (χ4n) is 0.868. The lowest BCUT2D eigenvalue weighted by atomic mass is 10.3. The van der Waals surface area contributed by atoms with Crippen molar-refractivity contribution in [2.45, 2.75) is 0 Å². The molecular weight excluding hydrogens is 315 g/mol. The second kappa shape index (κ2) is 4.97. The molecule has 0 aliphatic carbocycles. The maximum Gasteiger partial charge on any atom is 0.150 e. The molecule has 14 heavy (non-hydrogen) atoms. The fraction of sp³-hybridized carbons (Fsp3) is 0.333. The van der Waals surface area contributed by atoms with Crippen LogP contribution < -0.4 is 4.74 Å². The lowest BCUT2D eigenvalue weighted by Crippen LogP contribution is -2.11. The van der Waals surface area contributed by atoms with E-state index in [1.807, 2.05) is 24.3 Å². The van der Waals surface area contributed by atoms with Gasteiger partial charge in [-0.3, -0.25) is 0 Å². The molecule has 0 saturated carbocycles. The third-order valence-corrected chi connectivity index (χ3v) is 3.10. The molecule has 0 saturated heterocycles. The molecule has 1 aromatic carbocycles. The third kappa shape index (κ3) is 4.80. The zero-order chi connectivity index (χ0) is 10.6. The van der Waals surface area contributed by atoms with Gasteiger partial charge in [-0.05, 0) is 40.8 Å². The number of ether oxygens (including phenoxy) is 1. The van der Waals surface area contributed by atoms with Crippen LogP contribution in [0.4, 0.5) is 0 Å². The van der Waals surface area contributed by atoms with Crippen LogP contribution in [0.15, 0.2) is 24.3 Å². The second-order valence-electron chi connectivity index (χ2n) is 2.94. The van der Waals surface area contributed by atoms with Gasteiger partial charge < -0.3 is 4.74 Å². The van der Waals surface area contributed by atoms with Gasteiger partial charge in [0.05, 0.1) is 5.75 Å².